The molecule has 0 aliphatic heterocycles. The fourth-order valence-corrected chi connectivity index (χ4v) is 1.79. The predicted octanol–water partition coefficient (Wildman–Crippen LogP) is 3.28. The first kappa shape index (κ1) is 13.2. The molecule has 0 radical (unpaired) electrons. The fraction of sp³-hybridized carbons (Fsp3) is 0.0714. The van der Waals surface area contributed by atoms with E-state index in [4.69, 9.17) is 5.26 Å². The third kappa shape index (κ3) is 3.18. The maximum Gasteiger partial charge on any atom is 0.274 e. The summed E-state index contributed by atoms with van der Waals surface area (Å²) in [6.45, 7) is 1.94. The second kappa shape index (κ2) is 5.63. The number of amides is 1. The number of hydrogen-bond acceptors (Lipinski definition) is 3. The van der Waals surface area contributed by atoms with Crippen LogP contribution in [0.1, 0.15) is 21.6 Å². The lowest BCUT2D eigenvalue weighted by Crippen LogP contribution is -2.13. The normalized spacial score (nSPS) is 9.74. The molecule has 19 heavy (non-hydrogen) atoms. The number of nitrogens with zero attached hydrogens (tertiary/aromatic N) is 2. The number of anilines is 1. The number of pyridine rings is 1. The lowest BCUT2D eigenvalue weighted by molar-refractivity contribution is 0.102. The zero-order valence-corrected chi connectivity index (χ0v) is 11.7. The van der Waals surface area contributed by atoms with Gasteiger partial charge < -0.3 is 5.32 Å². The van der Waals surface area contributed by atoms with Gasteiger partial charge in [0.05, 0.1) is 11.6 Å². The van der Waals surface area contributed by atoms with E-state index in [1.165, 1.54) is 12.3 Å². The van der Waals surface area contributed by atoms with Gasteiger partial charge in [0.1, 0.15) is 5.69 Å². The lowest BCUT2D eigenvalue weighted by Gasteiger charge is -2.06. The van der Waals surface area contributed by atoms with Crippen molar-refractivity contribution in [2.24, 2.45) is 0 Å². The van der Waals surface area contributed by atoms with Gasteiger partial charge in [-0.1, -0.05) is 15.9 Å². The van der Waals surface area contributed by atoms with Crippen LogP contribution in [0.25, 0.3) is 0 Å². The Morgan fingerprint density at radius 3 is 2.84 bits per heavy atom. The van der Waals surface area contributed by atoms with Crippen molar-refractivity contribution in [3.05, 3.63) is 57.8 Å². The fourth-order valence-electron chi connectivity index (χ4n) is 1.54. The van der Waals surface area contributed by atoms with Gasteiger partial charge in [0.25, 0.3) is 5.91 Å². The van der Waals surface area contributed by atoms with Gasteiger partial charge >= 0.3 is 0 Å². The average Bonchev–Trinajstić information content (AvgIpc) is 2.43. The van der Waals surface area contributed by atoms with Crippen molar-refractivity contribution in [1.82, 2.24) is 4.98 Å². The van der Waals surface area contributed by atoms with Gasteiger partial charge in [0, 0.05) is 16.4 Å². The Morgan fingerprint density at radius 2 is 2.16 bits per heavy atom. The maximum absolute atomic E-state index is 12.0. The van der Waals surface area contributed by atoms with Crippen LogP contribution in [0.15, 0.2) is 41.0 Å². The summed E-state index contributed by atoms with van der Waals surface area (Å²) in [7, 11) is 0. The Hall–Kier alpha value is -2.19. The monoisotopic (exact) mass is 315 g/mol. The summed E-state index contributed by atoms with van der Waals surface area (Å²) in [5, 5.41) is 11.5. The molecule has 0 aliphatic rings. The summed E-state index contributed by atoms with van der Waals surface area (Å²) in [4.78, 5) is 15.9. The zero-order chi connectivity index (χ0) is 13.8. The summed E-state index contributed by atoms with van der Waals surface area (Å²) in [5.41, 5.74) is 2.35. The van der Waals surface area contributed by atoms with Crippen molar-refractivity contribution < 1.29 is 4.79 Å². The van der Waals surface area contributed by atoms with Crippen molar-refractivity contribution in [3.8, 4) is 6.07 Å². The highest BCUT2D eigenvalue weighted by molar-refractivity contribution is 9.10. The molecule has 94 valence electrons. The Balaban J connectivity index is 2.21. The number of benzene rings is 1. The van der Waals surface area contributed by atoms with E-state index in [0.29, 0.717) is 11.3 Å². The van der Waals surface area contributed by atoms with Crippen LogP contribution in [0.4, 0.5) is 5.69 Å². The number of nitrogens with one attached hydrogen (secondary N) is 1. The van der Waals surface area contributed by atoms with Crippen molar-refractivity contribution in [2.75, 3.05) is 5.32 Å². The molecule has 1 heterocycles. The minimum absolute atomic E-state index is 0.222. The van der Waals surface area contributed by atoms with Gasteiger partial charge in [-0.2, -0.15) is 5.26 Å². The maximum atomic E-state index is 12.0. The number of carbonyl (C=O) groups is 1. The van der Waals surface area contributed by atoms with E-state index in [1.807, 2.05) is 25.1 Å². The Kier molecular flexibility index (Phi) is 3.93. The van der Waals surface area contributed by atoms with E-state index in [0.717, 1.165) is 10.0 Å². The highest BCUT2D eigenvalue weighted by Gasteiger charge is 2.09. The molecular weight excluding hydrogens is 306 g/mol. The van der Waals surface area contributed by atoms with Crippen LogP contribution in [0.3, 0.4) is 0 Å². The molecule has 2 rings (SSSR count). The zero-order valence-electron chi connectivity index (χ0n) is 10.1. The number of carbonyl (C=O) groups excluding carboxylic acids is 1. The van der Waals surface area contributed by atoms with Crippen LogP contribution in [-0.2, 0) is 0 Å². The van der Waals surface area contributed by atoms with E-state index in [9.17, 15) is 4.79 Å². The second-order valence-corrected chi connectivity index (χ2v) is 4.81. The number of aryl methyl sites for hydroxylation is 1. The average molecular weight is 316 g/mol. The quantitative estimate of drug-likeness (QED) is 0.924. The third-order valence-corrected chi connectivity index (χ3v) is 3.43. The highest BCUT2D eigenvalue weighted by Crippen LogP contribution is 2.20. The first-order chi connectivity index (χ1) is 9.10. The van der Waals surface area contributed by atoms with Crippen LogP contribution in [-0.4, -0.2) is 10.9 Å². The number of halogens is 1. The molecule has 1 amide bonds. The minimum atomic E-state index is -0.334. The smallest absolute Gasteiger partial charge is 0.274 e. The van der Waals surface area contributed by atoms with Crippen molar-refractivity contribution in [3.63, 3.8) is 0 Å². The molecular formula is C14H10BrN3O. The van der Waals surface area contributed by atoms with Gasteiger partial charge in [-0.25, -0.2) is 0 Å². The first-order valence-corrected chi connectivity index (χ1v) is 6.33. The largest absolute Gasteiger partial charge is 0.321 e. The number of hydrogen-bond donors (Lipinski definition) is 1. The summed E-state index contributed by atoms with van der Waals surface area (Å²) in [6, 6.07) is 10.5. The third-order valence-electron chi connectivity index (χ3n) is 2.54. The molecule has 0 saturated heterocycles. The Morgan fingerprint density at radius 1 is 1.37 bits per heavy atom. The van der Waals surface area contributed by atoms with Gasteiger partial charge in [0.2, 0.25) is 0 Å². The van der Waals surface area contributed by atoms with Crippen LogP contribution in [0.2, 0.25) is 0 Å². The van der Waals surface area contributed by atoms with E-state index >= 15 is 0 Å². The molecule has 0 spiro atoms. The van der Waals surface area contributed by atoms with E-state index in [2.05, 4.69) is 26.2 Å². The van der Waals surface area contributed by atoms with Gasteiger partial charge in [-0.05, 0) is 42.8 Å². The summed E-state index contributed by atoms with van der Waals surface area (Å²) in [5.74, 6) is -0.334. The molecule has 1 N–H and O–H groups in total. The Labute approximate surface area is 119 Å². The molecule has 0 saturated carbocycles. The summed E-state index contributed by atoms with van der Waals surface area (Å²) in [6.07, 6.45) is 1.44. The minimum Gasteiger partial charge on any atom is -0.321 e. The van der Waals surface area contributed by atoms with Gasteiger partial charge in [0.15, 0.2) is 0 Å². The molecule has 0 unspecified atom stereocenters. The lowest BCUT2D eigenvalue weighted by atomic mass is 10.2. The topological polar surface area (TPSA) is 65.8 Å². The molecule has 0 bridgehead atoms. The van der Waals surface area contributed by atoms with Crippen molar-refractivity contribution in [2.45, 2.75) is 6.92 Å². The van der Waals surface area contributed by atoms with Crippen molar-refractivity contribution in [1.29, 1.82) is 5.26 Å². The first-order valence-electron chi connectivity index (χ1n) is 5.54. The number of nitriles is 1. The van der Waals surface area contributed by atoms with Crippen LogP contribution < -0.4 is 5.32 Å². The van der Waals surface area contributed by atoms with Crippen LogP contribution >= 0.6 is 15.9 Å². The number of rotatable bonds is 2. The second-order valence-electron chi connectivity index (χ2n) is 3.96. The SMILES string of the molecule is Cc1cc(NC(=O)c2cc(C#N)ccn2)ccc1Br. The van der Waals surface area contributed by atoms with Crippen LogP contribution in [0.5, 0.6) is 0 Å². The van der Waals surface area contributed by atoms with Crippen LogP contribution in [0, 0.1) is 18.3 Å². The summed E-state index contributed by atoms with van der Waals surface area (Å²) < 4.78 is 0.982. The molecule has 0 fully saturated rings. The van der Waals surface area contributed by atoms with Gasteiger partial charge in [-0.15, -0.1) is 0 Å². The molecule has 1 aromatic carbocycles. The molecule has 0 aliphatic carbocycles. The van der Waals surface area contributed by atoms with E-state index < -0.39 is 0 Å². The number of aromatic nitrogens is 1. The van der Waals surface area contributed by atoms with E-state index in [1.54, 1.807) is 12.1 Å². The van der Waals surface area contributed by atoms with E-state index in [-0.39, 0.29) is 11.6 Å². The van der Waals surface area contributed by atoms with Crippen molar-refractivity contribution >= 4 is 27.5 Å². The predicted molar refractivity (Wildman–Crippen MR) is 75.8 cm³/mol. The standard InChI is InChI=1S/C14H10BrN3O/c1-9-6-11(2-3-12(9)15)18-14(19)13-7-10(8-16)4-5-17-13/h2-7H,1H3,(H,18,19). The molecule has 1 aromatic heterocycles. The molecule has 2 aromatic rings. The molecule has 5 heteroatoms. The summed E-state index contributed by atoms with van der Waals surface area (Å²) >= 11 is 3.40. The molecule has 0 atom stereocenters. The van der Waals surface area contributed by atoms with Gasteiger partial charge in [-0.3, -0.25) is 9.78 Å². The Bertz CT molecular complexity index is 677. The molecule has 4 nitrogen and oxygen atoms in total. The highest BCUT2D eigenvalue weighted by atomic mass is 79.9.